The number of anilines is 4. The third-order valence-corrected chi connectivity index (χ3v) is 4.45. The van der Waals surface area contributed by atoms with Gasteiger partial charge in [-0.1, -0.05) is 0 Å². The molecule has 1 aromatic carbocycles. The summed E-state index contributed by atoms with van der Waals surface area (Å²) in [7, 11) is 1.96. The van der Waals surface area contributed by atoms with E-state index in [4.69, 9.17) is 11.5 Å². The molecule has 1 fully saturated rings. The van der Waals surface area contributed by atoms with Crippen LogP contribution >= 0.6 is 0 Å². The largest absolute Gasteiger partial charge is 0.375 e. The number of hydrogen-bond acceptors (Lipinski definition) is 7. The third kappa shape index (κ3) is 5.32. The highest BCUT2D eigenvalue weighted by atomic mass is 16.1. The van der Waals surface area contributed by atoms with E-state index in [2.05, 4.69) is 25.5 Å². The fourth-order valence-corrected chi connectivity index (χ4v) is 2.70. The number of rotatable bonds is 10. The average Bonchev–Trinajstić information content (AvgIpc) is 3.46. The summed E-state index contributed by atoms with van der Waals surface area (Å²) in [6.45, 7) is 0.740. The molecule has 9 heteroatoms. The molecule has 0 unspecified atom stereocenters. The molecule has 1 aliphatic rings. The van der Waals surface area contributed by atoms with E-state index in [-0.39, 0.29) is 11.5 Å². The molecule has 28 heavy (non-hydrogen) atoms. The maximum atomic E-state index is 11.6. The highest BCUT2D eigenvalue weighted by molar-refractivity contribution is 5.97. The van der Waals surface area contributed by atoms with Gasteiger partial charge in [0.05, 0.1) is 5.56 Å². The molecular formula is C19H25N7O2. The number of nitrogens with zero attached hydrogens (tertiary/aromatic N) is 3. The van der Waals surface area contributed by atoms with Crippen molar-refractivity contribution in [2.75, 3.05) is 29.1 Å². The van der Waals surface area contributed by atoms with Crippen LogP contribution in [-0.2, 0) is 4.79 Å². The highest BCUT2D eigenvalue weighted by Gasteiger charge is 2.24. The fourth-order valence-electron chi connectivity index (χ4n) is 2.70. The Hall–Kier alpha value is -3.36. The summed E-state index contributed by atoms with van der Waals surface area (Å²) in [5.74, 6) is -0.00158. The van der Waals surface area contributed by atoms with Crippen LogP contribution in [-0.4, -0.2) is 41.4 Å². The van der Waals surface area contributed by atoms with E-state index < -0.39 is 5.91 Å². The number of primary amides is 2. The smallest absolute Gasteiger partial charge is 0.254 e. The summed E-state index contributed by atoms with van der Waals surface area (Å²) >= 11 is 0. The monoisotopic (exact) mass is 383 g/mol. The molecule has 0 radical (unpaired) electrons. The quantitative estimate of drug-likeness (QED) is 0.488. The second-order valence-corrected chi connectivity index (χ2v) is 6.90. The van der Waals surface area contributed by atoms with Gasteiger partial charge >= 0.3 is 0 Å². The topological polar surface area (TPSA) is 139 Å². The number of nitrogens with one attached hydrogen (secondary N) is 2. The molecule has 148 valence electrons. The van der Waals surface area contributed by atoms with Crippen molar-refractivity contribution in [2.45, 2.75) is 31.7 Å². The Morgan fingerprint density at radius 2 is 1.93 bits per heavy atom. The summed E-state index contributed by atoms with van der Waals surface area (Å²) in [5.41, 5.74) is 12.7. The van der Waals surface area contributed by atoms with E-state index in [1.54, 1.807) is 0 Å². The van der Waals surface area contributed by atoms with Crippen LogP contribution in [0.25, 0.3) is 0 Å². The van der Waals surface area contributed by atoms with Crippen molar-refractivity contribution >= 4 is 35.0 Å². The van der Waals surface area contributed by atoms with Crippen molar-refractivity contribution in [1.82, 2.24) is 9.97 Å². The lowest BCUT2D eigenvalue weighted by Gasteiger charge is -2.19. The zero-order valence-electron chi connectivity index (χ0n) is 15.8. The van der Waals surface area contributed by atoms with Crippen LogP contribution in [0.15, 0.2) is 30.5 Å². The van der Waals surface area contributed by atoms with Crippen molar-refractivity contribution in [1.29, 1.82) is 0 Å². The van der Waals surface area contributed by atoms with Gasteiger partial charge in [-0.05, 0) is 43.5 Å². The highest BCUT2D eigenvalue weighted by Crippen LogP contribution is 2.26. The van der Waals surface area contributed by atoms with Crippen molar-refractivity contribution < 1.29 is 9.59 Å². The molecule has 0 saturated heterocycles. The predicted molar refractivity (Wildman–Crippen MR) is 109 cm³/mol. The van der Waals surface area contributed by atoms with Crippen molar-refractivity contribution in [2.24, 2.45) is 11.5 Å². The van der Waals surface area contributed by atoms with Gasteiger partial charge in [-0.15, -0.1) is 0 Å². The van der Waals surface area contributed by atoms with Gasteiger partial charge < -0.3 is 27.0 Å². The van der Waals surface area contributed by atoms with E-state index in [0.29, 0.717) is 30.6 Å². The molecule has 1 saturated carbocycles. The molecular weight excluding hydrogens is 358 g/mol. The van der Waals surface area contributed by atoms with Gasteiger partial charge in [-0.2, -0.15) is 4.98 Å². The van der Waals surface area contributed by atoms with E-state index in [9.17, 15) is 9.59 Å². The summed E-state index contributed by atoms with van der Waals surface area (Å²) < 4.78 is 0. The maximum absolute atomic E-state index is 11.6. The third-order valence-electron chi connectivity index (χ3n) is 4.45. The first-order valence-corrected chi connectivity index (χ1v) is 9.22. The number of carbonyl (C=O) groups excluding carboxylic acids is 2. The van der Waals surface area contributed by atoms with Crippen LogP contribution < -0.4 is 27.0 Å². The van der Waals surface area contributed by atoms with Crippen LogP contribution in [0.1, 0.15) is 36.0 Å². The SMILES string of the molecule is CN(CCCC(N)=O)c1ccc(Nc2ncc(C(N)=O)c(NC3CC3)n2)cc1. The van der Waals surface area contributed by atoms with Gasteiger partial charge in [0.2, 0.25) is 11.9 Å². The van der Waals surface area contributed by atoms with Gasteiger partial charge in [0, 0.05) is 43.6 Å². The van der Waals surface area contributed by atoms with Crippen LogP contribution in [0.2, 0.25) is 0 Å². The summed E-state index contributed by atoms with van der Waals surface area (Å²) in [5, 5.41) is 6.35. The number of amides is 2. The number of hydrogen-bond donors (Lipinski definition) is 4. The normalized spacial score (nSPS) is 13.0. The molecule has 2 aromatic rings. The first-order chi connectivity index (χ1) is 13.4. The van der Waals surface area contributed by atoms with Crippen molar-refractivity contribution in [3.05, 3.63) is 36.0 Å². The molecule has 0 spiro atoms. The number of benzene rings is 1. The Kier molecular flexibility index (Phi) is 5.93. The predicted octanol–water partition coefficient (Wildman–Crippen LogP) is 1.60. The van der Waals surface area contributed by atoms with Crippen LogP contribution in [0.4, 0.5) is 23.1 Å². The molecule has 0 atom stereocenters. The minimum absolute atomic E-state index is 0.283. The molecule has 0 bridgehead atoms. The average molecular weight is 383 g/mol. The minimum atomic E-state index is -0.557. The Labute approximate surface area is 163 Å². The van der Waals surface area contributed by atoms with E-state index >= 15 is 0 Å². The lowest BCUT2D eigenvalue weighted by atomic mass is 10.2. The van der Waals surface area contributed by atoms with Crippen LogP contribution in [0, 0.1) is 0 Å². The van der Waals surface area contributed by atoms with Gasteiger partial charge in [0.1, 0.15) is 5.82 Å². The second-order valence-electron chi connectivity index (χ2n) is 6.90. The zero-order valence-corrected chi connectivity index (χ0v) is 15.8. The molecule has 6 N–H and O–H groups in total. The zero-order chi connectivity index (χ0) is 20.1. The van der Waals surface area contributed by atoms with E-state index in [0.717, 1.165) is 30.8 Å². The Morgan fingerprint density at radius 1 is 1.21 bits per heavy atom. The molecule has 3 rings (SSSR count). The van der Waals surface area contributed by atoms with E-state index in [1.165, 1.54) is 6.20 Å². The fraction of sp³-hybridized carbons (Fsp3) is 0.368. The van der Waals surface area contributed by atoms with Gasteiger partial charge in [-0.3, -0.25) is 9.59 Å². The number of nitrogens with two attached hydrogens (primary N) is 2. The van der Waals surface area contributed by atoms with Crippen LogP contribution in [0.5, 0.6) is 0 Å². The molecule has 2 amide bonds. The van der Waals surface area contributed by atoms with Gasteiger partial charge in [0.15, 0.2) is 0 Å². The molecule has 1 aromatic heterocycles. The first kappa shape index (κ1) is 19.4. The van der Waals surface area contributed by atoms with E-state index in [1.807, 2.05) is 31.3 Å². The Morgan fingerprint density at radius 3 is 2.54 bits per heavy atom. The molecule has 0 aliphatic heterocycles. The van der Waals surface area contributed by atoms with Gasteiger partial charge in [0.25, 0.3) is 5.91 Å². The van der Waals surface area contributed by atoms with Crippen molar-refractivity contribution in [3.8, 4) is 0 Å². The van der Waals surface area contributed by atoms with Crippen LogP contribution in [0.3, 0.4) is 0 Å². The van der Waals surface area contributed by atoms with Gasteiger partial charge in [-0.25, -0.2) is 4.98 Å². The number of aromatic nitrogens is 2. The standard InChI is InChI=1S/C19H25N7O2/c1-26(10-2-3-16(20)27)14-8-6-13(7-9-14)24-19-22-11-15(17(21)28)18(25-19)23-12-4-5-12/h6-9,11-12H,2-5,10H2,1H3,(H2,20,27)(H2,21,28)(H2,22,23,24,25). The molecule has 1 heterocycles. The summed E-state index contributed by atoms with van der Waals surface area (Å²) in [6.07, 6.45) is 4.63. The summed E-state index contributed by atoms with van der Waals surface area (Å²) in [6, 6.07) is 8.10. The summed E-state index contributed by atoms with van der Waals surface area (Å²) in [4.78, 5) is 33.0. The second kappa shape index (κ2) is 8.55. The lowest BCUT2D eigenvalue weighted by Crippen LogP contribution is -2.20. The molecule has 1 aliphatic carbocycles. The first-order valence-electron chi connectivity index (χ1n) is 9.22. The molecule has 9 nitrogen and oxygen atoms in total. The lowest BCUT2D eigenvalue weighted by molar-refractivity contribution is -0.118. The minimum Gasteiger partial charge on any atom is -0.375 e. The Bertz CT molecular complexity index is 850. The number of carbonyl (C=O) groups is 2. The van der Waals surface area contributed by atoms with Crippen molar-refractivity contribution in [3.63, 3.8) is 0 Å². The maximum Gasteiger partial charge on any atom is 0.254 e. The Balaban J connectivity index is 1.64.